The van der Waals surface area contributed by atoms with Gasteiger partial charge in [0.1, 0.15) is 16.5 Å². The largest absolute Gasteiger partial charge is 0.334 e. The van der Waals surface area contributed by atoms with Crippen molar-refractivity contribution in [2.45, 2.75) is 13.5 Å². The van der Waals surface area contributed by atoms with Crippen molar-refractivity contribution >= 4 is 34.4 Å². The molecule has 0 saturated carbocycles. The highest BCUT2D eigenvalue weighted by molar-refractivity contribution is 6.35. The molecule has 0 aliphatic carbocycles. The summed E-state index contributed by atoms with van der Waals surface area (Å²) in [5.41, 5.74) is 4.05. The molecule has 3 heterocycles. The van der Waals surface area contributed by atoms with E-state index in [1.807, 2.05) is 31.2 Å². The van der Waals surface area contributed by atoms with E-state index in [0.717, 1.165) is 11.1 Å². The fraction of sp³-hybridized carbons (Fsp3) is 0.111. The van der Waals surface area contributed by atoms with E-state index >= 15 is 0 Å². The number of rotatable bonds is 3. The van der Waals surface area contributed by atoms with E-state index in [1.54, 1.807) is 23.2 Å². The zero-order chi connectivity index (χ0) is 18.3. The molecule has 0 unspecified atom stereocenters. The predicted molar refractivity (Wildman–Crippen MR) is 101 cm³/mol. The number of hydrogen-bond donors (Lipinski definition) is 2. The highest BCUT2D eigenvalue weighted by Crippen LogP contribution is 2.25. The molecule has 4 aromatic rings. The number of hydrogen-bond acceptors (Lipinski definition) is 4. The second kappa shape index (κ2) is 6.55. The number of aryl methyl sites for hydroxylation is 1. The number of halogens is 2. The Hall–Kier alpha value is -2.70. The number of fused-ring (bicyclic) bond motifs is 1. The lowest BCUT2D eigenvalue weighted by Gasteiger charge is -2.09. The number of nitrogens with zero attached hydrogens (tertiary/aromatic N) is 4. The van der Waals surface area contributed by atoms with Crippen molar-refractivity contribution in [3.63, 3.8) is 0 Å². The van der Waals surface area contributed by atoms with Gasteiger partial charge in [-0.05, 0) is 18.6 Å². The minimum Gasteiger partial charge on any atom is -0.334 e. The fourth-order valence-electron chi connectivity index (χ4n) is 2.82. The molecule has 1 aromatic carbocycles. The Morgan fingerprint density at radius 3 is 2.73 bits per heavy atom. The Balaban J connectivity index is 1.88. The van der Waals surface area contributed by atoms with Gasteiger partial charge in [-0.25, -0.2) is 15.0 Å². The van der Waals surface area contributed by atoms with E-state index in [9.17, 15) is 0 Å². The molecular weight excluding hydrogens is 371 g/mol. The lowest BCUT2D eigenvalue weighted by molar-refractivity contribution is 0.781. The van der Waals surface area contributed by atoms with Crippen molar-refractivity contribution in [2.75, 3.05) is 0 Å². The lowest BCUT2D eigenvalue weighted by atomic mass is 10.1. The van der Waals surface area contributed by atoms with Gasteiger partial charge in [0, 0.05) is 17.3 Å². The van der Waals surface area contributed by atoms with Crippen LogP contribution in [0.5, 0.6) is 0 Å². The van der Waals surface area contributed by atoms with Crippen LogP contribution in [0.4, 0.5) is 0 Å². The summed E-state index contributed by atoms with van der Waals surface area (Å²) in [7, 11) is 0. The summed E-state index contributed by atoms with van der Waals surface area (Å²) in [6.45, 7) is 2.37. The number of H-pyrrole nitrogens is 1. The SMILES string of the molecule is Cc1ccccc1-c1nc2c([nH]1)c(=N)ncn2Cc1c(Cl)ccnc1Cl. The van der Waals surface area contributed by atoms with E-state index in [1.165, 1.54) is 0 Å². The van der Waals surface area contributed by atoms with Crippen LogP contribution in [0.15, 0.2) is 42.9 Å². The van der Waals surface area contributed by atoms with Gasteiger partial charge in [-0.3, -0.25) is 5.41 Å². The summed E-state index contributed by atoms with van der Waals surface area (Å²) >= 11 is 12.4. The van der Waals surface area contributed by atoms with Crippen LogP contribution in [-0.2, 0) is 6.54 Å². The zero-order valence-electron chi connectivity index (χ0n) is 13.8. The first kappa shape index (κ1) is 16.8. The van der Waals surface area contributed by atoms with E-state index in [4.69, 9.17) is 33.6 Å². The molecule has 130 valence electrons. The molecule has 2 N–H and O–H groups in total. The second-order valence-electron chi connectivity index (χ2n) is 5.88. The third-order valence-corrected chi connectivity index (χ3v) is 4.87. The Labute approximate surface area is 159 Å². The summed E-state index contributed by atoms with van der Waals surface area (Å²) < 4.78 is 1.81. The summed E-state index contributed by atoms with van der Waals surface area (Å²) in [5.74, 6) is 0.691. The average Bonchev–Trinajstić information content (AvgIpc) is 3.07. The molecule has 0 saturated heterocycles. The number of benzene rings is 1. The van der Waals surface area contributed by atoms with Gasteiger partial charge in [-0.1, -0.05) is 47.5 Å². The molecule has 26 heavy (non-hydrogen) atoms. The number of aromatic amines is 1. The summed E-state index contributed by atoms with van der Waals surface area (Å²) in [5, 5.41) is 8.95. The molecule has 0 radical (unpaired) electrons. The number of pyridine rings is 1. The molecule has 0 bridgehead atoms. The van der Waals surface area contributed by atoms with Crippen molar-refractivity contribution in [3.8, 4) is 11.4 Å². The topological polar surface area (TPSA) is 83.2 Å². The van der Waals surface area contributed by atoms with Crippen LogP contribution in [-0.4, -0.2) is 24.5 Å². The summed E-state index contributed by atoms with van der Waals surface area (Å²) in [6, 6.07) is 9.63. The molecule has 0 fully saturated rings. The number of imidazole rings is 1. The minimum absolute atomic E-state index is 0.131. The van der Waals surface area contributed by atoms with E-state index < -0.39 is 0 Å². The van der Waals surface area contributed by atoms with Crippen LogP contribution in [0.3, 0.4) is 0 Å². The molecule has 4 rings (SSSR count). The van der Waals surface area contributed by atoms with Gasteiger partial charge in [0.05, 0.1) is 17.9 Å². The van der Waals surface area contributed by atoms with Crippen LogP contribution in [0.2, 0.25) is 10.2 Å². The first-order valence-corrected chi connectivity index (χ1v) is 8.65. The zero-order valence-corrected chi connectivity index (χ0v) is 15.3. The molecule has 3 aromatic heterocycles. The Morgan fingerprint density at radius 2 is 1.96 bits per heavy atom. The standard InChI is InChI=1S/C18H14Cl2N6/c1-10-4-2-3-5-11(10)17-24-14-16(21)23-9-26(18(14)25-17)8-12-13(19)6-7-22-15(12)20/h2-7,9,21H,8H2,1H3,(H,24,25). The lowest BCUT2D eigenvalue weighted by Crippen LogP contribution is -2.13. The first-order chi connectivity index (χ1) is 12.5. The van der Waals surface area contributed by atoms with Gasteiger partial charge in [0.15, 0.2) is 11.1 Å². The highest BCUT2D eigenvalue weighted by Gasteiger charge is 2.14. The maximum atomic E-state index is 8.09. The molecule has 0 amide bonds. The van der Waals surface area contributed by atoms with Gasteiger partial charge in [0.25, 0.3) is 0 Å². The average molecular weight is 385 g/mol. The molecule has 6 nitrogen and oxygen atoms in total. The molecule has 0 spiro atoms. The van der Waals surface area contributed by atoms with Crippen molar-refractivity contribution in [1.29, 1.82) is 5.41 Å². The third kappa shape index (κ3) is 2.87. The van der Waals surface area contributed by atoms with E-state index in [2.05, 4.69) is 15.0 Å². The Kier molecular flexibility index (Phi) is 4.22. The van der Waals surface area contributed by atoms with Crippen LogP contribution in [0.1, 0.15) is 11.1 Å². The maximum Gasteiger partial charge on any atom is 0.173 e. The maximum absolute atomic E-state index is 8.09. The van der Waals surface area contributed by atoms with Gasteiger partial charge in [-0.2, -0.15) is 0 Å². The molecule has 0 aliphatic heterocycles. The quantitative estimate of drug-likeness (QED) is 0.524. The smallest absolute Gasteiger partial charge is 0.173 e. The van der Waals surface area contributed by atoms with Gasteiger partial charge in [0.2, 0.25) is 0 Å². The van der Waals surface area contributed by atoms with Crippen LogP contribution >= 0.6 is 23.2 Å². The minimum atomic E-state index is 0.131. The van der Waals surface area contributed by atoms with Crippen molar-refractivity contribution in [2.24, 2.45) is 0 Å². The molecule has 0 aliphatic rings. The predicted octanol–water partition coefficient (Wildman–Crippen LogP) is 3.96. The monoisotopic (exact) mass is 384 g/mol. The van der Waals surface area contributed by atoms with Crippen molar-refractivity contribution < 1.29 is 0 Å². The summed E-state index contributed by atoms with van der Waals surface area (Å²) in [6.07, 6.45) is 3.12. The summed E-state index contributed by atoms with van der Waals surface area (Å²) in [4.78, 5) is 16.1. The van der Waals surface area contributed by atoms with Crippen molar-refractivity contribution in [1.82, 2.24) is 24.5 Å². The normalized spacial score (nSPS) is 11.2. The second-order valence-corrected chi connectivity index (χ2v) is 6.65. The first-order valence-electron chi connectivity index (χ1n) is 7.89. The van der Waals surface area contributed by atoms with Crippen LogP contribution < -0.4 is 5.49 Å². The van der Waals surface area contributed by atoms with Crippen LogP contribution in [0.25, 0.3) is 22.6 Å². The number of aromatic nitrogens is 5. The van der Waals surface area contributed by atoms with Crippen molar-refractivity contribution in [3.05, 3.63) is 69.6 Å². The highest BCUT2D eigenvalue weighted by atomic mass is 35.5. The van der Waals surface area contributed by atoms with E-state index in [0.29, 0.717) is 39.3 Å². The van der Waals surface area contributed by atoms with E-state index in [-0.39, 0.29) is 5.49 Å². The third-order valence-electron chi connectivity index (χ3n) is 4.19. The van der Waals surface area contributed by atoms with Gasteiger partial charge < -0.3 is 9.55 Å². The molecule has 8 heteroatoms. The number of nitrogens with one attached hydrogen (secondary N) is 2. The van der Waals surface area contributed by atoms with Gasteiger partial charge in [-0.15, -0.1) is 0 Å². The molecule has 0 atom stereocenters. The fourth-order valence-corrected chi connectivity index (χ4v) is 3.29. The Morgan fingerprint density at radius 1 is 1.15 bits per heavy atom. The Bertz CT molecular complexity index is 1160. The molecular formula is C18H14Cl2N6. The van der Waals surface area contributed by atoms with Gasteiger partial charge >= 0.3 is 0 Å². The van der Waals surface area contributed by atoms with Crippen LogP contribution in [0, 0.1) is 12.3 Å².